The van der Waals surface area contributed by atoms with E-state index < -0.39 is 5.41 Å². The third kappa shape index (κ3) is 4.58. The highest BCUT2D eigenvalue weighted by molar-refractivity contribution is 14.1. The number of hydrogen-bond acceptors (Lipinski definition) is 2. The molecule has 0 spiro atoms. The van der Waals surface area contributed by atoms with Crippen molar-refractivity contribution in [2.24, 2.45) is 0 Å². The van der Waals surface area contributed by atoms with E-state index >= 15 is 0 Å². The second-order valence-electron chi connectivity index (χ2n) is 3.70. The molecule has 0 aliphatic carbocycles. The fraction of sp³-hybridized carbons (Fsp3) is 0.417. The number of hydrogen-bond donors (Lipinski definition) is 0. The fourth-order valence-corrected chi connectivity index (χ4v) is 1.21. The lowest BCUT2D eigenvalue weighted by Crippen LogP contribution is -2.13. The maximum absolute atomic E-state index is 8.98. The summed E-state index contributed by atoms with van der Waals surface area (Å²) in [6.07, 6.45) is 0. The van der Waals surface area contributed by atoms with Gasteiger partial charge in [-0.2, -0.15) is 5.26 Å². The van der Waals surface area contributed by atoms with E-state index in [4.69, 9.17) is 10.00 Å². The van der Waals surface area contributed by atoms with Crippen molar-refractivity contribution in [1.82, 2.24) is 0 Å². The molecule has 16 heavy (non-hydrogen) atoms. The number of halogens is 2. The van der Waals surface area contributed by atoms with Crippen LogP contribution >= 0.6 is 30.4 Å². The van der Waals surface area contributed by atoms with Gasteiger partial charge in [-0.05, 0) is 47.4 Å². The van der Waals surface area contributed by atoms with Gasteiger partial charge >= 0.3 is 0 Å². The lowest BCUT2D eigenvalue weighted by atomic mass is 9.86. The molecule has 88 valence electrons. The Kier molecular flexibility index (Phi) is 7.52. The standard InChI is InChI=1S/C12H15NO.ClI/c1-4-14-11-7-5-6-10(8-11)12(2,3)9-13;1-2/h5-8H,4H2,1-3H3;. The molecular formula is C12H15ClINO. The maximum Gasteiger partial charge on any atom is 0.119 e. The zero-order valence-electron chi connectivity index (χ0n) is 9.63. The molecule has 0 amide bonds. The van der Waals surface area contributed by atoms with Crippen molar-refractivity contribution in [3.63, 3.8) is 0 Å². The van der Waals surface area contributed by atoms with Crippen LogP contribution in [0, 0.1) is 11.3 Å². The van der Waals surface area contributed by atoms with Gasteiger partial charge < -0.3 is 4.74 Å². The van der Waals surface area contributed by atoms with Crippen molar-refractivity contribution in [2.75, 3.05) is 6.61 Å². The van der Waals surface area contributed by atoms with Crippen molar-refractivity contribution in [2.45, 2.75) is 26.2 Å². The van der Waals surface area contributed by atoms with Crippen LogP contribution in [-0.4, -0.2) is 6.61 Å². The summed E-state index contributed by atoms with van der Waals surface area (Å²) in [6, 6.07) is 9.96. The van der Waals surface area contributed by atoms with Gasteiger partial charge in [0.25, 0.3) is 0 Å². The molecule has 0 radical (unpaired) electrons. The average molecular weight is 352 g/mol. The molecule has 0 saturated carbocycles. The second-order valence-corrected chi connectivity index (χ2v) is 3.70. The zero-order valence-corrected chi connectivity index (χ0v) is 12.5. The summed E-state index contributed by atoms with van der Waals surface area (Å²) >= 11 is 1.62. The average Bonchev–Trinajstić information content (AvgIpc) is 2.32. The maximum atomic E-state index is 8.98. The second kappa shape index (κ2) is 7.75. The van der Waals surface area contributed by atoms with Crippen LogP contribution in [-0.2, 0) is 5.41 Å². The van der Waals surface area contributed by atoms with Gasteiger partial charge in [0.05, 0.1) is 18.1 Å². The smallest absolute Gasteiger partial charge is 0.119 e. The van der Waals surface area contributed by atoms with Crippen LogP contribution in [0.2, 0.25) is 0 Å². The molecule has 1 aromatic carbocycles. The predicted molar refractivity (Wildman–Crippen MR) is 76.1 cm³/mol. The van der Waals surface area contributed by atoms with Gasteiger partial charge in [-0.1, -0.05) is 12.1 Å². The number of ether oxygens (including phenoxy) is 1. The quantitative estimate of drug-likeness (QED) is 0.753. The molecule has 2 nitrogen and oxygen atoms in total. The van der Waals surface area contributed by atoms with E-state index in [9.17, 15) is 0 Å². The molecule has 0 aliphatic heterocycles. The van der Waals surface area contributed by atoms with E-state index in [-0.39, 0.29) is 0 Å². The van der Waals surface area contributed by atoms with Crippen molar-refractivity contribution in [3.8, 4) is 11.8 Å². The van der Waals surface area contributed by atoms with Crippen LogP contribution in [0.5, 0.6) is 5.75 Å². The Morgan fingerprint density at radius 3 is 2.56 bits per heavy atom. The Hall–Kier alpha value is -0.470. The van der Waals surface area contributed by atoms with E-state index in [0.717, 1.165) is 11.3 Å². The van der Waals surface area contributed by atoms with Crippen molar-refractivity contribution in [1.29, 1.82) is 5.26 Å². The number of nitriles is 1. The summed E-state index contributed by atoms with van der Waals surface area (Å²) in [5.41, 5.74) is 0.540. The lowest BCUT2D eigenvalue weighted by Gasteiger charge is -2.16. The molecule has 0 N–H and O–H groups in total. The molecule has 1 aromatic rings. The summed E-state index contributed by atoms with van der Waals surface area (Å²) < 4.78 is 5.38. The molecule has 0 heterocycles. The van der Waals surface area contributed by atoms with Crippen LogP contribution in [0.3, 0.4) is 0 Å². The molecule has 0 aliphatic rings. The molecule has 0 saturated heterocycles. The topological polar surface area (TPSA) is 33.0 Å². The highest BCUT2D eigenvalue weighted by atomic mass is 127. The molecular weight excluding hydrogens is 336 g/mol. The first-order valence-corrected chi connectivity index (χ1v) is 7.62. The van der Waals surface area contributed by atoms with Crippen LogP contribution in [0.25, 0.3) is 0 Å². The van der Waals surface area contributed by atoms with Gasteiger partial charge in [-0.15, -0.1) is 0 Å². The molecule has 0 atom stereocenters. The monoisotopic (exact) mass is 351 g/mol. The first-order chi connectivity index (χ1) is 7.60. The van der Waals surface area contributed by atoms with E-state index in [1.807, 2.05) is 45.0 Å². The zero-order chi connectivity index (χ0) is 12.6. The van der Waals surface area contributed by atoms with Gasteiger partial charge in [0, 0.05) is 21.5 Å². The van der Waals surface area contributed by atoms with E-state index in [1.165, 1.54) is 0 Å². The Morgan fingerprint density at radius 1 is 1.44 bits per heavy atom. The SMILES string of the molecule is CCOc1cccc(C(C)(C)C#N)c1.ClI. The Balaban J connectivity index is 0.00000106. The van der Waals surface area contributed by atoms with Gasteiger partial charge in [-0.25, -0.2) is 0 Å². The fourth-order valence-electron chi connectivity index (χ4n) is 1.21. The number of benzene rings is 1. The first-order valence-electron chi connectivity index (χ1n) is 4.89. The van der Waals surface area contributed by atoms with E-state index in [0.29, 0.717) is 6.61 Å². The molecule has 0 bridgehead atoms. The largest absolute Gasteiger partial charge is 0.494 e. The Morgan fingerprint density at radius 2 is 2.06 bits per heavy atom. The van der Waals surface area contributed by atoms with Crippen LogP contribution < -0.4 is 4.74 Å². The normalized spacial score (nSPS) is 9.75. The molecule has 4 heteroatoms. The van der Waals surface area contributed by atoms with Crippen LogP contribution in [0.1, 0.15) is 26.3 Å². The summed E-state index contributed by atoms with van der Waals surface area (Å²) in [4.78, 5) is 0. The summed E-state index contributed by atoms with van der Waals surface area (Å²) in [5, 5.41) is 8.98. The highest BCUT2D eigenvalue weighted by Gasteiger charge is 2.19. The number of nitrogens with zero attached hydrogens (tertiary/aromatic N) is 1. The summed E-state index contributed by atoms with van der Waals surface area (Å²) in [6.45, 7) is 6.40. The van der Waals surface area contributed by atoms with Gasteiger partial charge in [0.15, 0.2) is 0 Å². The van der Waals surface area contributed by atoms with Gasteiger partial charge in [0.1, 0.15) is 5.75 Å². The summed E-state index contributed by atoms with van der Waals surface area (Å²) in [7, 11) is 4.61. The lowest BCUT2D eigenvalue weighted by molar-refractivity contribution is 0.339. The summed E-state index contributed by atoms with van der Waals surface area (Å²) in [5.74, 6) is 0.827. The van der Waals surface area contributed by atoms with E-state index in [1.54, 1.807) is 21.5 Å². The third-order valence-electron chi connectivity index (χ3n) is 2.15. The van der Waals surface area contributed by atoms with Crippen LogP contribution in [0.15, 0.2) is 24.3 Å². The van der Waals surface area contributed by atoms with Crippen molar-refractivity contribution in [3.05, 3.63) is 29.8 Å². The Labute approximate surface area is 114 Å². The molecule has 0 fully saturated rings. The highest BCUT2D eigenvalue weighted by Crippen LogP contribution is 2.25. The minimum absolute atomic E-state index is 0.451. The van der Waals surface area contributed by atoms with Crippen LogP contribution in [0.4, 0.5) is 0 Å². The van der Waals surface area contributed by atoms with Gasteiger partial charge in [0.2, 0.25) is 0 Å². The molecule has 1 rings (SSSR count). The Bertz CT molecular complexity index is 360. The van der Waals surface area contributed by atoms with Crippen molar-refractivity contribution < 1.29 is 4.74 Å². The first kappa shape index (κ1) is 15.5. The predicted octanol–water partition coefficient (Wildman–Crippen LogP) is 4.46. The minimum Gasteiger partial charge on any atom is -0.494 e. The number of rotatable bonds is 3. The third-order valence-corrected chi connectivity index (χ3v) is 2.15. The van der Waals surface area contributed by atoms with Crippen molar-refractivity contribution >= 4 is 30.4 Å². The molecule has 0 unspecified atom stereocenters. The van der Waals surface area contributed by atoms with Gasteiger partial charge in [-0.3, -0.25) is 0 Å². The van der Waals surface area contributed by atoms with E-state index in [2.05, 4.69) is 15.0 Å². The molecule has 0 aromatic heterocycles. The minimum atomic E-state index is -0.451.